The van der Waals surface area contributed by atoms with Crippen LogP contribution in [0.25, 0.3) is 0 Å². The largest absolute Gasteiger partial charge is 0.496 e. The van der Waals surface area contributed by atoms with Gasteiger partial charge in [0, 0.05) is 0 Å². The quantitative estimate of drug-likeness (QED) is 0.645. The predicted octanol–water partition coefficient (Wildman–Crippen LogP) is 5.72. The fourth-order valence-electron chi connectivity index (χ4n) is 3.21. The lowest BCUT2D eigenvalue weighted by molar-refractivity contribution is 0.408. The summed E-state index contributed by atoms with van der Waals surface area (Å²) in [4.78, 5) is 0.210. The molecule has 0 aromatic heterocycles. The molecule has 1 nitrogen and oxygen atoms in total. The Morgan fingerprint density at radius 3 is 1.71 bits per heavy atom. The first-order chi connectivity index (χ1) is 9.85. The van der Waals surface area contributed by atoms with Crippen molar-refractivity contribution in [3.05, 3.63) is 63.2 Å². The van der Waals surface area contributed by atoms with Gasteiger partial charge in [0.05, 0.1) is 11.9 Å². The molecule has 1 unspecified atom stereocenters. The number of hydrogen-bond acceptors (Lipinski definition) is 1. The van der Waals surface area contributed by atoms with Gasteiger partial charge >= 0.3 is 0 Å². The normalized spacial score (nSPS) is 12.3. The predicted molar refractivity (Wildman–Crippen MR) is 93.9 cm³/mol. The molecular weight excluding hydrogens is 324 g/mol. The molecule has 0 saturated carbocycles. The summed E-state index contributed by atoms with van der Waals surface area (Å²) in [5.41, 5.74) is 8.99. The van der Waals surface area contributed by atoms with Gasteiger partial charge in [-0.05, 0) is 68.0 Å². The third-order valence-electron chi connectivity index (χ3n) is 3.97. The number of aryl methyl sites for hydroxylation is 5. The summed E-state index contributed by atoms with van der Waals surface area (Å²) in [5, 5.41) is 0. The number of ether oxygens (including phenoxy) is 1. The van der Waals surface area contributed by atoms with Crippen molar-refractivity contribution < 1.29 is 4.74 Å². The summed E-state index contributed by atoms with van der Waals surface area (Å²) in [6, 6.07) is 8.92. The minimum absolute atomic E-state index is 0.210. The third-order valence-corrected chi connectivity index (χ3v) is 4.96. The van der Waals surface area contributed by atoms with Crippen molar-refractivity contribution in [3.63, 3.8) is 0 Å². The van der Waals surface area contributed by atoms with E-state index in [1.807, 2.05) is 0 Å². The average Bonchev–Trinajstić information content (AvgIpc) is 2.36. The molecule has 2 aromatic carbocycles. The van der Waals surface area contributed by atoms with E-state index in [4.69, 9.17) is 4.74 Å². The molecule has 2 aromatic rings. The average molecular weight is 347 g/mol. The zero-order valence-corrected chi connectivity index (χ0v) is 15.3. The standard InChI is InChI=1S/C19H23BrO/c1-11-7-12(2)17(13(3)8-11)18(20)16-9-14(4)19(21-6)15(5)10-16/h7-10,18H,1-6H3. The second kappa shape index (κ2) is 6.23. The number of rotatable bonds is 3. The Bertz CT molecular complexity index is 627. The van der Waals surface area contributed by atoms with E-state index >= 15 is 0 Å². The molecule has 0 radical (unpaired) electrons. The minimum Gasteiger partial charge on any atom is -0.496 e. The Kier molecular flexibility index (Phi) is 4.77. The molecule has 112 valence electrons. The van der Waals surface area contributed by atoms with Crippen LogP contribution < -0.4 is 4.74 Å². The molecule has 2 heteroatoms. The Morgan fingerprint density at radius 1 is 0.810 bits per heavy atom. The molecule has 0 aliphatic heterocycles. The molecule has 0 bridgehead atoms. The van der Waals surface area contributed by atoms with Crippen molar-refractivity contribution in [1.82, 2.24) is 0 Å². The van der Waals surface area contributed by atoms with E-state index in [9.17, 15) is 0 Å². The maximum Gasteiger partial charge on any atom is 0.124 e. The molecule has 0 aliphatic rings. The van der Waals surface area contributed by atoms with Gasteiger partial charge in [0.1, 0.15) is 5.75 Å². The second-order valence-corrected chi connectivity index (χ2v) is 6.78. The van der Waals surface area contributed by atoms with Gasteiger partial charge in [-0.1, -0.05) is 45.8 Å². The number of hydrogen-bond donors (Lipinski definition) is 0. The van der Waals surface area contributed by atoms with Gasteiger partial charge in [-0.25, -0.2) is 0 Å². The van der Waals surface area contributed by atoms with E-state index in [0.717, 1.165) is 5.75 Å². The van der Waals surface area contributed by atoms with Crippen LogP contribution in [0, 0.1) is 34.6 Å². The molecule has 0 heterocycles. The lowest BCUT2D eigenvalue weighted by Gasteiger charge is -2.20. The topological polar surface area (TPSA) is 9.23 Å². The monoisotopic (exact) mass is 346 g/mol. The van der Waals surface area contributed by atoms with Crippen LogP contribution in [0.3, 0.4) is 0 Å². The maximum atomic E-state index is 5.46. The van der Waals surface area contributed by atoms with Gasteiger partial charge in [0.25, 0.3) is 0 Å². The second-order valence-electron chi connectivity index (χ2n) is 5.86. The molecule has 2 rings (SSSR count). The van der Waals surface area contributed by atoms with Crippen molar-refractivity contribution >= 4 is 15.9 Å². The Hall–Kier alpha value is -1.28. The molecule has 21 heavy (non-hydrogen) atoms. The highest BCUT2D eigenvalue weighted by molar-refractivity contribution is 9.09. The van der Waals surface area contributed by atoms with Crippen LogP contribution in [0.4, 0.5) is 0 Å². The summed E-state index contributed by atoms with van der Waals surface area (Å²) >= 11 is 3.89. The van der Waals surface area contributed by atoms with E-state index in [1.54, 1.807) is 7.11 Å². The van der Waals surface area contributed by atoms with Crippen LogP contribution in [0.15, 0.2) is 24.3 Å². The number of methoxy groups -OCH3 is 1. The molecule has 0 saturated heterocycles. The summed E-state index contributed by atoms with van der Waals surface area (Å²) < 4.78 is 5.46. The van der Waals surface area contributed by atoms with Crippen LogP contribution in [0.1, 0.15) is 43.8 Å². The maximum absolute atomic E-state index is 5.46. The van der Waals surface area contributed by atoms with Gasteiger partial charge < -0.3 is 4.74 Å². The van der Waals surface area contributed by atoms with Crippen LogP contribution in [0.5, 0.6) is 5.75 Å². The lowest BCUT2D eigenvalue weighted by atomic mass is 9.92. The summed E-state index contributed by atoms with van der Waals surface area (Å²) in [6.07, 6.45) is 0. The molecule has 0 N–H and O–H groups in total. The van der Waals surface area contributed by atoms with Gasteiger partial charge in [-0.15, -0.1) is 0 Å². The van der Waals surface area contributed by atoms with E-state index in [-0.39, 0.29) is 4.83 Å². The Labute approximate surface area is 136 Å². The van der Waals surface area contributed by atoms with Crippen molar-refractivity contribution in [1.29, 1.82) is 0 Å². The van der Waals surface area contributed by atoms with Crippen molar-refractivity contribution in [2.24, 2.45) is 0 Å². The Balaban J connectivity index is 2.53. The van der Waals surface area contributed by atoms with Crippen LogP contribution in [0.2, 0.25) is 0 Å². The SMILES string of the molecule is COc1c(C)cc(C(Br)c2c(C)cc(C)cc2C)cc1C. The lowest BCUT2D eigenvalue weighted by Crippen LogP contribution is -2.02. The van der Waals surface area contributed by atoms with Gasteiger partial charge in [0.15, 0.2) is 0 Å². The summed E-state index contributed by atoms with van der Waals surface area (Å²) in [5.74, 6) is 0.982. The summed E-state index contributed by atoms with van der Waals surface area (Å²) in [6.45, 7) is 10.7. The molecular formula is C19H23BrO. The molecule has 0 spiro atoms. The fourth-order valence-corrected chi connectivity index (χ4v) is 4.20. The van der Waals surface area contributed by atoms with Crippen molar-refractivity contribution in [2.45, 2.75) is 39.4 Å². The number of alkyl halides is 1. The van der Waals surface area contributed by atoms with Gasteiger partial charge in [-0.3, -0.25) is 0 Å². The van der Waals surface area contributed by atoms with Crippen LogP contribution in [-0.4, -0.2) is 7.11 Å². The van der Waals surface area contributed by atoms with Crippen LogP contribution in [-0.2, 0) is 0 Å². The first-order valence-electron chi connectivity index (χ1n) is 7.22. The van der Waals surface area contributed by atoms with E-state index in [0.29, 0.717) is 0 Å². The smallest absolute Gasteiger partial charge is 0.124 e. The third kappa shape index (κ3) is 3.16. The minimum atomic E-state index is 0.210. The van der Waals surface area contributed by atoms with Crippen molar-refractivity contribution in [3.8, 4) is 5.75 Å². The fraction of sp³-hybridized carbons (Fsp3) is 0.368. The highest BCUT2D eigenvalue weighted by atomic mass is 79.9. The zero-order valence-electron chi connectivity index (χ0n) is 13.7. The van der Waals surface area contributed by atoms with E-state index in [1.165, 1.54) is 38.9 Å². The van der Waals surface area contributed by atoms with Crippen LogP contribution >= 0.6 is 15.9 Å². The zero-order chi connectivity index (χ0) is 15.7. The molecule has 0 aliphatic carbocycles. The van der Waals surface area contributed by atoms with Gasteiger partial charge in [0.2, 0.25) is 0 Å². The van der Waals surface area contributed by atoms with E-state index in [2.05, 4.69) is 74.8 Å². The van der Waals surface area contributed by atoms with E-state index < -0.39 is 0 Å². The highest BCUT2D eigenvalue weighted by Gasteiger charge is 2.17. The molecule has 0 fully saturated rings. The number of halogens is 1. The first-order valence-corrected chi connectivity index (χ1v) is 8.13. The highest BCUT2D eigenvalue weighted by Crippen LogP contribution is 2.38. The Morgan fingerprint density at radius 2 is 1.29 bits per heavy atom. The van der Waals surface area contributed by atoms with Crippen molar-refractivity contribution in [2.75, 3.05) is 7.11 Å². The summed E-state index contributed by atoms with van der Waals surface area (Å²) in [7, 11) is 1.73. The van der Waals surface area contributed by atoms with Gasteiger partial charge in [-0.2, -0.15) is 0 Å². The number of benzene rings is 2. The first kappa shape index (κ1) is 16.1. The molecule has 1 atom stereocenters. The molecule has 0 amide bonds.